The molecule has 0 aromatic rings. The zero-order valence-corrected chi connectivity index (χ0v) is 11.9. The Bertz CT molecular complexity index is 247. The maximum Gasteiger partial charge on any atom is 0.239 e. The van der Waals surface area contributed by atoms with Crippen LogP contribution >= 0.6 is 0 Å². The van der Waals surface area contributed by atoms with E-state index in [0.717, 1.165) is 32.7 Å². The molecule has 4 heteroatoms. The summed E-state index contributed by atoms with van der Waals surface area (Å²) >= 11 is 0. The molecule has 1 saturated heterocycles. The van der Waals surface area contributed by atoms with Crippen LogP contribution in [0.25, 0.3) is 0 Å². The van der Waals surface area contributed by atoms with Gasteiger partial charge in [0.2, 0.25) is 5.91 Å². The summed E-state index contributed by atoms with van der Waals surface area (Å²) in [6.07, 6.45) is 0. The topological polar surface area (TPSA) is 26.8 Å². The molecule has 4 nitrogen and oxygen atoms in total. The van der Waals surface area contributed by atoms with Gasteiger partial charge in [-0.1, -0.05) is 6.92 Å². The third-order valence-electron chi connectivity index (χ3n) is 3.70. The van der Waals surface area contributed by atoms with Crippen LogP contribution in [0.5, 0.6) is 0 Å². The van der Waals surface area contributed by atoms with Crippen LogP contribution in [0.4, 0.5) is 0 Å². The fraction of sp³-hybridized carbons (Fsp3) is 0.923. The predicted octanol–water partition coefficient (Wildman–Crippen LogP) is 0.879. The van der Waals surface area contributed by atoms with Gasteiger partial charge < -0.3 is 9.80 Å². The zero-order chi connectivity index (χ0) is 13.0. The smallest absolute Gasteiger partial charge is 0.239 e. The van der Waals surface area contributed by atoms with Gasteiger partial charge in [-0.15, -0.1) is 0 Å². The molecule has 0 aliphatic carbocycles. The van der Waals surface area contributed by atoms with Crippen molar-refractivity contribution in [2.24, 2.45) is 0 Å². The molecule has 0 radical (unpaired) electrons. The lowest BCUT2D eigenvalue weighted by molar-refractivity contribution is -0.138. The molecule has 1 rings (SSSR count). The first-order chi connectivity index (χ1) is 7.97. The number of likely N-dealkylation sites (N-methyl/N-ethyl adjacent to an activating group) is 2. The second-order valence-electron chi connectivity index (χ2n) is 5.23. The van der Waals surface area contributed by atoms with Crippen LogP contribution in [0.15, 0.2) is 0 Å². The molecule has 1 fully saturated rings. The maximum absolute atomic E-state index is 12.4. The Morgan fingerprint density at radius 3 is 2.12 bits per heavy atom. The van der Waals surface area contributed by atoms with Gasteiger partial charge in [-0.2, -0.15) is 0 Å². The summed E-state index contributed by atoms with van der Waals surface area (Å²) in [5.41, 5.74) is 0. The number of carbonyl (C=O) groups is 1. The van der Waals surface area contributed by atoms with Crippen LogP contribution in [-0.4, -0.2) is 72.5 Å². The molecule has 0 aromatic heterocycles. The predicted molar refractivity (Wildman–Crippen MR) is 71.1 cm³/mol. The Kier molecular flexibility index (Phi) is 5.40. The van der Waals surface area contributed by atoms with E-state index in [4.69, 9.17) is 0 Å². The van der Waals surface area contributed by atoms with Crippen molar-refractivity contribution in [3.05, 3.63) is 0 Å². The number of nitrogens with zero attached hydrogens (tertiary/aromatic N) is 3. The highest BCUT2D eigenvalue weighted by molar-refractivity contribution is 5.81. The molecular weight excluding hydrogens is 214 g/mol. The molecule has 1 unspecified atom stereocenters. The van der Waals surface area contributed by atoms with Crippen molar-refractivity contribution in [1.82, 2.24) is 14.7 Å². The van der Waals surface area contributed by atoms with E-state index in [1.54, 1.807) is 0 Å². The number of hydrogen-bond acceptors (Lipinski definition) is 3. The highest BCUT2D eigenvalue weighted by Crippen LogP contribution is 2.10. The highest BCUT2D eigenvalue weighted by atomic mass is 16.2. The van der Waals surface area contributed by atoms with Crippen LogP contribution < -0.4 is 0 Å². The fourth-order valence-corrected chi connectivity index (χ4v) is 2.52. The molecular formula is C13H27N3O. The molecule has 0 saturated carbocycles. The van der Waals surface area contributed by atoms with E-state index in [2.05, 4.69) is 37.6 Å². The average molecular weight is 241 g/mol. The van der Waals surface area contributed by atoms with E-state index in [-0.39, 0.29) is 11.9 Å². The van der Waals surface area contributed by atoms with E-state index in [1.165, 1.54) is 0 Å². The van der Waals surface area contributed by atoms with Crippen LogP contribution in [-0.2, 0) is 4.79 Å². The number of rotatable bonds is 4. The molecule has 0 N–H and O–H groups in total. The average Bonchev–Trinajstić information content (AvgIpc) is 2.29. The van der Waals surface area contributed by atoms with Crippen molar-refractivity contribution < 1.29 is 4.79 Å². The summed E-state index contributed by atoms with van der Waals surface area (Å²) in [5.74, 6) is 0.286. The molecule has 1 heterocycles. The normalized spacial score (nSPS) is 20.1. The van der Waals surface area contributed by atoms with Gasteiger partial charge >= 0.3 is 0 Å². The van der Waals surface area contributed by atoms with Gasteiger partial charge in [0.15, 0.2) is 0 Å². The summed E-state index contributed by atoms with van der Waals surface area (Å²) < 4.78 is 0. The van der Waals surface area contributed by atoms with Crippen molar-refractivity contribution >= 4 is 5.91 Å². The van der Waals surface area contributed by atoms with E-state index in [0.29, 0.717) is 6.04 Å². The number of carbonyl (C=O) groups excluding carboxylic acids is 1. The quantitative estimate of drug-likeness (QED) is 0.731. The van der Waals surface area contributed by atoms with Crippen molar-refractivity contribution in [1.29, 1.82) is 0 Å². The van der Waals surface area contributed by atoms with Gasteiger partial charge in [-0.25, -0.2) is 0 Å². The van der Waals surface area contributed by atoms with Gasteiger partial charge in [0.1, 0.15) is 0 Å². The monoisotopic (exact) mass is 241 g/mol. The molecule has 0 spiro atoms. The van der Waals surface area contributed by atoms with Crippen LogP contribution in [0.3, 0.4) is 0 Å². The van der Waals surface area contributed by atoms with E-state index in [1.807, 2.05) is 11.8 Å². The minimum absolute atomic E-state index is 0.00315. The van der Waals surface area contributed by atoms with E-state index in [9.17, 15) is 4.79 Å². The summed E-state index contributed by atoms with van der Waals surface area (Å²) in [7, 11) is 2.11. The standard InChI is InChI=1S/C13H27N3O/c1-6-16(11(2)3)12(4)13(17)15-9-7-14(5)8-10-15/h11-12H,6-10H2,1-5H3. The summed E-state index contributed by atoms with van der Waals surface area (Å²) in [6.45, 7) is 13.1. The summed E-state index contributed by atoms with van der Waals surface area (Å²) in [5, 5.41) is 0. The Labute approximate surface area is 106 Å². The van der Waals surface area contributed by atoms with Crippen LogP contribution in [0.1, 0.15) is 27.7 Å². The first kappa shape index (κ1) is 14.5. The van der Waals surface area contributed by atoms with Gasteiger partial charge in [-0.3, -0.25) is 9.69 Å². The minimum atomic E-state index is 0.00315. The lowest BCUT2D eigenvalue weighted by Crippen LogP contribution is -2.54. The van der Waals surface area contributed by atoms with Gasteiger partial charge in [0, 0.05) is 32.2 Å². The van der Waals surface area contributed by atoms with E-state index < -0.39 is 0 Å². The van der Waals surface area contributed by atoms with Gasteiger partial charge in [0.25, 0.3) is 0 Å². The summed E-state index contributed by atoms with van der Waals surface area (Å²) in [4.78, 5) is 18.9. The van der Waals surface area contributed by atoms with Gasteiger partial charge in [0.05, 0.1) is 6.04 Å². The number of hydrogen-bond donors (Lipinski definition) is 0. The second kappa shape index (κ2) is 6.36. The van der Waals surface area contributed by atoms with E-state index >= 15 is 0 Å². The fourth-order valence-electron chi connectivity index (χ4n) is 2.52. The Balaban J connectivity index is 2.56. The minimum Gasteiger partial charge on any atom is -0.339 e. The van der Waals surface area contributed by atoms with Crippen molar-refractivity contribution in [3.63, 3.8) is 0 Å². The largest absolute Gasteiger partial charge is 0.339 e. The zero-order valence-electron chi connectivity index (χ0n) is 11.9. The van der Waals surface area contributed by atoms with Crippen molar-refractivity contribution in [2.45, 2.75) is 39.8 Å². The lowest BCUT2D eigenvalue weighted by atomic mass is 10.1. The van der Waals surface area contributed by atoms with Crippen LogP contribution in [0, 0.1) is 0 Å². The highest BCUT2D eigenvalue weighted by Gasteiger charge is 2.28. The first-order valence-corrected chi connectivity index (χ1v) is 6.70. The summed E-state index contributed by atoms with van der Waals surface area (Å²) in [6, 6.07) is 0.426. The number of amides is 1. The number of piperazine rings is 1. The second-order valence-corrected chi connectivity index (χ2v) is 5.23. The lowest BCUT2D eigenvalue weighted by Gasteiger charge is -2.38. The first-order valence-electron chi connectivity index (χ1n) is 6.70. The van der Waals surface area contributed by atoms with Crippen molar-refractivity contribution in [2.75, 3.05) is 39.8 Å². The molecule has 0 aromatic carbocycles. The van der Waals surface area contributed by atoms with Crippen LogP contribution in [0.2, 0.25) is 0 Å². The third kappa shape index (κ3) is 3.68. The Morgan fingerprint density at radius 2 is 1.71 bits per heavy atom. The molecule has 17 heavy (non-hydrogen) atoms. The molecule has 1 atom stereocenters. The Morgan fingerprint density at radius 1 is 1.18 bits per heavy atom. The molecule has 1 aliphatic rings. The SMILES string of the molecule is CCN(C(C)C)C(C)C(=O)N1CCN(C)CC1. The third-order valence-corrected chi connectivity index (χ3v) is 3.70. The van der Waals surface area contributed by atoms with Crippen molar-refractivity contribution in [3.8, 4) is 0 Å². The maximum atomic E-state index is 12.4. The molecule has 100 valence electrons. The van der Waals surface area contributed by atoms with Gasteiger partial charge in [-0.05, 0) is 34.4 Å². The Hall–Kier alpha value is -0.610. The molecule has 0 bridgehead atoms. The molecule has 1 amide bonds. The molecule has 1 aliphatic heterocycles.